The third kappa shape index (κ3) is 4.11. The minimum Gasteiger partial charge on any atom is -0.341 e. The second kappa shape index (κ2) is 7.28. The molecule has 3 fully saturated rings. The average molecular weight is 344 g/mol. The van der Waals surface area contributed by atoms with Gasteiger partial charge in [-0.1, -0.05) is 6.42 Å². The van der Waals surface area contributed by atoms with E-state index in [0.717, 1.165) is 57.8 Å². The van der Waals surface area contributed by atoms with E-state index in [0.29, 0.717) is 24.2 Å². The Labute approximate surface area is 148 Å². The molecule has 4 rings (SSSR count). The van der Waals surface area contributed by atoms with Crippen LogP contribution in [-0.4, -0.2) is 58.2 Å². The summed E-state index contributed by atoms with van der Waals surface area (Å²) >= 11 is 0. The van der Waals surface area contributed by atoms with Crippen molar-refractivity contribution in [2.75, 3.05) is 32.7 Å². The lowest BCUT2D eigenvalue weighted by Crippen LogP contribution is -2.52. The summed E-state index contributed by atoms with van der Waals surface area (Å²) in [6.07, 6.45) is 6.49. The molecule has 136 valence electrons. The summed E-state index contributed by atoms with van der Waals surface area (Å²) in [7, 11) is 0. The third-order valence-corrected chi connectivity index (χ3v) is 5.70. The van der Waals surface area contributed by atoms with Gasteiger partial charge in [0, 0.05) is 57.0 Å². The molecule has 1 aromatic rings. The fourth-order valence-electron chi connectivity index (χ4n) is 3.95. The van der Waals surface area contributed by atoms with E-state index in [4.69, 9.17) is 0 Å². The number of carbonyl (C=O) groups excluding carboxylic acids is 1. The Hall–Kier alpha value is -1.69. The van der Waals surface area contributed by atoms with Gasteiger partial charge >= 0.3 is 0 Å². The van der Waals surface area contributed by atoms with E-state index < -0.39 is 0 Å². The van der Waals surface area contributed by atoms with Crippen molar-refractivity contribution in [3.63, 3.8) is 0 Å². The molecule has 0 unspecified atom stereocenters. The summed E-state index contributed by atoms with van der Waals surface area (Å²) in [4.78, 5) is 28.5. The van der Waals surface area contributed by atoms with Gasteiger partial charge in [0.15, 0.2) is 0 Å². The van der Waals surface area contributed by atoms with Gasteiger partial charge < -0.3 is 9.80 Å². The Morgan fingerprint density at radius 3 is 2.68 bits per heavy atom. The second-order valence-corrected chi connectivity index (χ2v) is 7.87. The maximum absolute atomic E-state index is 12.0. The first-order valence-corrected chi connectivity index (χ1v) is 9.77. The molecule has 0 radical (unpaired) electrons. The largest absolute Gasteiger partial charge is 0.341 e. The van der Waals surface area contributed by atoms with Crippen LogP contribution in [0.1, 0.15) is 50.1 Å². The fourth-order valence-corrected chi connectivity index (χ4v) is 3.95. The van der Waals surface area contributed by atoms with Gasteiger partial charge in [-0.2, -0.15) is 5.10 Å². The third-order valence-electron chi connectivity index (χ3n) is 5.70. The van der Waals surface area contributed by atoms with Gasteiger partial charge in [0.05, 0.1) is 12.2 Å². The average Bonchev–Trinajstić information content (AvgIpc) is 3.40. The van der Waals surface area contributed by atoms with E-state index in [2.05, 4.69) is 10.00 Å². The van der Waals surface area contributed by atoms with Crippen LogP contribution in [0.4, 0.5) is 0 Å². The van der Waals surface area contributed by atoms with Gasteiger partial charge in [-0.25, -0.2) is 4.68 Å². The Morgan fingerprint density at radius 1 is 1.04 bits per heavy atom. The zero-order valence-electron chi connectivity index (χ0n) is 14.9. The SMILES string of the molecule is O=C1CCCCCN1CCN1CC(Cn2nc(C3CC3)ccc2=O)C1. The van der Waals surface area contributed by atoms with Crippen LogP contribution >= 0.6 is 0 Å². The molecule has 1 aliphatic carbocycles. The van der Waals surface area contributed by atoms with E-state index in [1.165, 1.54) is 19.3 Å². The number of amides is 1. The molecule has 6 heteroatoms. The van der Waals surface area contributed by atoms with Crippen molar-refractivity contribution >= 4 is 5.91 Å². The summed E-state index contributed by atoms with van der Waals surface area (Å²) in [6.45, 7) is 5.45. The highest BCUT2D eigenvalue weighted by molar-refractivity contribution is 5.76. The Balaban J connectivity index is 1.23. The van der Waals surface area contributed by atoms with Crippen LogP contribution in [0.15, 0.2) is 16.9 Å². The summed E-state index contributed by atoms with van der Waals surface area (Å²) in [5.41, 5.74) is 1.09. The lowest BCUT2D eigenvalue weighted by atomic mass is 10.0. The van der Waals surface area contributed by atoms with Gasteiger partial charge in [0.2, 0.25) is 5.91 Å². The van der Waals surface area contributed by atoms with Crippen LogP contribution in [0.25, 0.3) is 0 Å². The van der Waals surface area contributed by atoms with Crippen molar-refractivity contribution in [1.29, 1.82) is 0 Å². The van der Waals surface area contributed by atoms with Crippen molar-refractivity contribution in [2.24, 2.45) is 5.92 Å². The van der Waals surface area contributed by atoms with Gasteiger partial charge in [-0.15, -0.1) is 0 Å². The highest BCUT2D eigenvalue weighted by Gasteiger charge is 2.29. The zero-order chi connectivity index (χ0) is 17.2. The minimum absolute atomic E-state index is 0.0120. The van der Waals surface area contributed by atoms with Gasteiger partial charge in [0.25, 0.3) is 5.56 Å². The molecule has 0 spiro atoms. The van der Waals surface area contributed by atoms with E-state index >= 15 is 0 Å². The van der Waals surface area contributed by atoms with E-state index in [-0.39, 0.29) is 5.56 Å². The second-order valence-electron chi connectivity index (χ2n) is 7.87. The molecule has 1 aromatic heterocycles. The lowest BCUT2D eigenvalue weighted by molar-refractivity contribution is -0.131. The molecule has 1 amide bonds. The molecule has 0 aromatic carbocycles. The molecule has 1 saturated carbocycles. The van der Waals surface area contributed by atoms with E-state index in [1.807, 2.05) is 11.0 Å². The van der Waals surface area contributed by atoms with Crippen LogP contribution in [-0.2, 0) is 11.3 Å². The molecule has 2 aliphatic heterocycles. The maximum Gasteiger partial charge on any atom is 0.266 e. The molecule has 6 nitrogen and oxygen atoms in total. The molecule has 3 heterocycles. The maximum atomic E-state index is 12.0. The first-order chi connectivity index (χ1) is 12.2. The normalized spacial score (nSPS) is 22.7. The van der Waals surface area contributed by atoms with Crippen LogP contribution in [0.5, 0.6) is 0 Å². The first-order valence-electron chi connectivity index (χ1n) is 9.77. The topological polar surface area (TPSA) is 58.4 Å². The van der Waals surface area contributed by atoms with Crippen LogP contribution in [0.2, 0.25) is 0 Å². The van der Waals surface area contributed by atoms with Crippen molar-refractivity contribution < 1.29 is 4.79 Å². The molecular formula is C19H28N4O2. The summed E-state index contributed by atoms with van der Waals surface area (Å²) < 4.78 is 1.66. The predicted molar refractivity (Wildman–Crippen MR) is 95.5 cm³/mol. The van der Waals surface area contributed by atoms with E-state index in [1.54, 1.807) is 10.7 Å². The monoisotopic (exact) mass is 344 g/mol. The number of likely N-dealkylation sites (tertiary alicyclic amines) is 2. The number of rotatable bonds is 6. The quantitative estimate of drug-likeness (QED) is 0.784. The van der Waals surface area contributed by atoms with E-state index in [9.17, 15) is 9.59 Å². The molecule has 0 atom stereocenters. The van der Waals surface area contributed by atoms with Crippen molar-refractivity contribution in [3.8, 4) is 0 Å². The van der Waals surface area contributed by atoms with Crippen LogP contribution in [0.3, 0.4) is 0 Å². The number of hydrogen-bond acceptors (Lipinski definition) is 4. The van der Waals surface area contributed by atoms with Gasteiger partial charge in [0.1, 0.15) is 0 Å². The minimum atomic E-state index is 0.0120. The fraction of sp³-hybridized carbons (Fsp3) is 0.737. The van der Waals surface area contributed by atoms with Crippen LogP contribution < -0.4 is 5.56 Å². The van der Waals surface area contributed by atoms with Gasteiger partial charge in [-0.3, -0.25) is 9.59 Å². The summed E-state index contributed by atoms with van der Waals surface area (Å²) in [5, 5.41) is 4.55. The highest BCUT2D eigenvalue weighted by atomic mass is 16.2. The molecule has 3 aliphatic rings. The Bertz CT molecular complexity index is 676. The van der Waals surface area contributed by atoms with Crippen LogP contribution in [0, 0.1) is 5.92 Å². The molecular weight excluding hydrogens is 316 g/mol. The summed E-state index contributed by atoms with van der Waals surface area (Å²) in [6, 6.07) is 3.56. The number of nitrogens with zero attached hydrogens (tertiary/aromatic N) is 4. The molecule has 2 saturated heterocycles. The Kier molecular flexibility index (Phi) is 4.88. The lowest BCUT2D eigenvalue weighted by Gasteiger charge is -2.40. The number of carbonyl (C=O) groups is 1. The Morgan fingerprint density at radius 2 is 1.88 bits per heavy atom. The molecule has 0 N–H and O–H groups in total. The number of hydrogen-bond donors (Lipinski definition) is 0. The smallest absolute Gasteiger partial charge is 0.266 e. The van der Waals surface area contributed by atoms with Crippen molar-refractivity contribution in [3.05, 3.63) is 28.2 Å². The molecule has 25 heavy (non-hydrogen) atoms. The first kappa shape index (κ1) is 16.8. The predicted octanol–water partition coefficient (Wildman–Crippen LogP) is 1.46. The molecule has 0 bridgehead atoms. The van der Waals surface area contributed by atoms with Crippen molar-refractivity contribution in [1.82, 2.24) is 19.6 Å². The van der Waals surface area contributed by atoms with Crippen molar-refractivity contribution in [2.45, 2.75) is 51.0 Å². The standard InChI is InChI=1S/C19H28N4O2/c24-18-4-2-1-3-9-22(18)11-10-21-12-15(13-21)14-23-19(25)8-7-17(20-23)16-5-6-16/h7-8,15-16H,1-6,9-14H2. The zero-order valence-corrected chi connectivity index (χ0v) is 14.9. The van der Waals surface area contributed by atoms with Gasteiger partial charge in [-0.05, 0) is 31.7 Å². The summed E-state index contributed by atoms with van der Waals surface area (Å²) in [5.74, 6) is 1.40. The number of aromatic nitrogens is 2. The highest BCUT2D eigenvalue weighted by Crippen LogP contribution is 2.38.